The minimum absolute atomic E-state index is 0.0678. The Morgan fingerprint density at radius 2 is 1.96 bits per heavy atom. The number of nitrogens with zero attached hydrogens (tertiary/aromatic N) is 3. The first kappa shape index (κ1) is 16.1. The predicted molar refractivity (Wildman–Crippen MR) is 82.1 cm³/mol. The Balaban J connectivity index is 2.28. The average molecular weight is 313 g/mol. The van der Waals surface area contributed by atoms with Gasteiger partial charge in [-0.05, 0) is 35.9 Å². The largest absolute Gasteiger partial charge is 0.466 e. The van der Waals surface area contributed by atoms with Crippen LogP contribution in [0.4, 0.5) is 4.39 Å². The van der Waals surface area contributed by atoms with Gasteiger partial charge in [-0.15, -0.1) is 0 Å². The maximum Gasteiger partial charge on any atom is 0.340 e. The summed E-state index contributed by atoms with van der Waals surface area (Å²) >= 11 is 0. The number of hydrogen-bond donors (Lipinski definition) is 0. The SMILES string of the molecule is COC(=O)/C(=C/c1ccc(Oc2ccccc2)cc1F)N=[N+]=[N-]. The maximum atomic E-state index is 14.1. The summed E-state index contributed by atoms with van der Waals surface area (Å²) in [6.07, 6.45) is 1.10. The van der Waals surface area contributed by atoms with Crippen LogP contribution in [0, 0.1) is 5.82 Å². The molecule has 0 atom stereocenters. The van der Waals surface area contributed by atoms with Gasteiger partial charge in [0.05, 0.1) is 7.11 Å². The number of halogens is 1. The van der Waals surface area contributed by atoms with E-state index in [-0.39, 0.29) is 11.3 Å². The van der Waals surface area contributed by atoms with Crippen molar-refractivity contribution in [1.29, 1.82) is 0 Å². The van der Waals surface area contributed by atoms with E-state index in [0.29, 0.717) is 11.5 Å². The molecule has 0 fully saturated rings. The molecule has 0 saturated carbocycles. The molecule has 116 valence electrons. The molecule has 0 saturated heterocycles. The van der Waals surface area contributed by atoms with Gasteiger partial charge in [0.15, 0.2) is 0 Å². The van der Waals surface area contributed by atoms with Crippen molar-refractivity contribution < 1.29 is 18.7 Å². The zero-order chi connectivity index (χ0) is 16.7. The standard InChI is InChI=1S/C16H12FN3O3/c1-22-16(21)15(19-20-18)9-11-7-8-13(10-14(11)17)23-12-5-3-2-4-6-12/h2-10H,1H3/b15-9-. The number of hydrogen-bond acceptors (Lipinski definition) is 4. The number of benzene rings is 2. The Kier molecular flexibility index (Phi) is 5.33. The van der Waals surface area contributed by atoms with Crippen LogP contribution in [0.15, 0.2) is 59.3 Å². The quantitative estimate of drug-likeness (QED) is 0.269. The van der Waals surface area contributed by atoms with Gasteiger partial charge in [-0.1, -0.05) is 23.3 Å². The summed E-state index contributed by atoms with van der Waals surface area (Å²) in [5.41, 5.74) is 8.16. The Morgan fingerprint density at radius 3 is 2.57 bits per heavy atom. The summed E-state index contributed by atoms with van der Waals surface area (Å²) in [5.74, 6) is -0.617. The van der Waals surface area contributed by atoms with Crippen LogP contribution in [0.5, 0.6) is 11.5 Å². The van der Waals surface area contributed by atoms with Crippen LogP contribution < -0.4 is 4.74 Å². The topological polar surface area (TPSA) is 84.3 Å². The van der Waals surface area contributed by atoms with Crippen molar-refractivity contribution in [3.8, 4) is 11.5 Å². The van der Waals surface area contributed by atoms with Gasteiger partial charge >= 0.3 is 5.97 Å². The van der Waals surface area contributed by atoms with Crippen molar-refractivity contribution in [2.75, 3.05) is 7.11 Å². The lowest BCUT2D eigenvalue weighted by Gasteiger charge is -2.07. The highest BCUT2D eigenvalue weighted by molar-refractivity contribution is 5.93. The Bertz CT molecular complexity index is 784. The number of para-hydroxylation sites is 1. The van der Waals surface area contributed by atoms with Gasteiger partial charge in [0.25, 0.3) is 0 Å². The van der Waals surface area contributed by atoms with Gasteiger partial charge in [0.1, 0.15) is 23.0 Å². The van der Waals surface area contributed by atoms with E-state index in [2.05, 4.69) is 14.8 Å². The molecular formula is C16H12FN3O3. The van der Waals surface area contributed by atoms with Crippen molar-refractivity contribution >= 4 is 12.0 Å². The lowest BCUT2D eigenvalue weighted by atomic mass is 10.1. The first-order chi connectivity index (χ1) is 11.1. The molecule has 0 aromatic heterocycles. The van der Waals surface area contributed by atoms with Crippen LogP contribution in [0.2, 0.25) is 0 Å². The van der Waals surface area contributed by atoms with Crippen LogP contribution in [0.25, 0.3) is 16.5 Å². The number of carbonyl (C=O) groups excluding carboxylic acids is 1. The second-order valence-electron chi connectivity index (χ2n) is 4.31. The van der Waals surface area contributed by atoms with Crippen molar-refractivity contribution in [3.63, 3.8) is 0 Å². The Labute approximate surface area is 131 Å². The van der Waals surface area contributed by atoms with Gasteiger partial charge < -0.3 is 9.47 Å². The normalized spacial score (nSPS) is 10.6. The summed E-state index contributed by atoms with van der Waals surface area (Å²) in [4.78, 5) is 13.9. The molecule has 0 aliphatic heterocycles. The highest BCUT2D eigenvalue weighted by Gasteiger charge is 2.10. The molecule has 0 aliphatic rings. The number of esters is 1. The highest BCUT2D eigenvalue weighted by Crippen LogP contribution is 2.24. The third kappa shape index (κ3) is 4.33. The molecule has 2 rings (SSSR count). The van der Waals surface area contributed by atoms with Crippen molar-refractivity contribution in [2.24, 2.45) is 5.11 Å². The summed E-state index contributed by atoms with van der Waals surface area (Å²) in [5, 5.41) is 3.19. The number of ether oxygens (including phenoxy) is 2. The van der Waals surface area contributed by atoms with Gasteiger partial charge in [0.2, 0.25) is 0 Å². The van der Waals surface area contributed by atoms with Crippen LogP contribution in [-0.4, -0.2) is 13.1 Å². The molecule has 2 aromatic rings. The highest BCUT2D eigenvalue weighted by atomic mass is 19.1. The first-order valence-electron chi connectivity index (χ1n) is 6.51. The fraction of sp³-hybridized carbons (Fsp3) is 0.0625. The monoisotopic (exact) mass is 313 g/mol. The van der Waals surface area contributed by atoms with Gasteiger partial charge in [-0.2, -0.15) is 0 Å². The van der Waals surface area contributed by atoms with E-state index in [9.17, 15) is 9.18 Å². The Hall–Kier alpha value is -3.31. The lowest BCUT2D eigenvalue weighted by molar-refractivity contribution is -0.136. The second kappa shape index (κ2) is 7.63. The molecular weight excluding hydrogens is 301 g/mol. The summed E-state index contributed by atoms with van der Waals surface area (Å²) in [7, 11) is 1.14. The van der Waals surface area contributed by atoms with Crippen molar-refractivity contribution in [3.05, 3.63) is 76.1 Å². The predicted octanol–water partition coefficient (Wildman–Crippen LogP) is 4.44. The lowest BCUT2D eigenvalue weighted by Crippen LogP contribution is -2.02. The van der Waals surface area contributed by atoms with E-state index < -0.39 is 11.8 Å². The zero-order valence-corrected chi connectivity index (χ0v) is 12.1. The first-order valence-corrected chi connectivity index (χ1v) is 6.51. The summed E-state index contributed by atoms with van der Waals surface area (Å²) < 4.78 is 24.1. The van der Waals surface area contributed by atoms with E-state index >= 15 is 0 Å². The molecule has 2 aromatic carbocycles. The molecule has 0 N–H and O–H groups in total. The number of carbonyl (C=O) groups is 1. The minimum atomic E-state index is -0.855. The van der Waals surface area contributed by atoms with Crippen molar-refractivity contribution in [2.45, 2.75) is 0 Å². The molecule has 23 heavy (non-hydrogen) atoms. The van der Waals surface area contributed by atoms with Gasteiger partial charge in [-0.25, -0.2) is 9.18 Å². The fourth-order valence-corrected chi connectivity index (χ4v) is 1.74. The van der Waals surface area contributed by atoms with Gasteiger partial charge in [0, 0.05) is 16.5 Å². The molecule has 0 radical (unpaired) electrons. The number of azide groups is 1. The molecule has 7 heteroatoms. The number of methoxy groups -OCH3 is 1. The summed E-state index contributed by atoms with van der Waals surface area (Å²) in [6.45, 7) is 0. The van der Waals surface area contributed by atoms with E-state index in [1.54, 1.807) is 24.3 Å². The maximum absolute atomic E-state index is 14.1. The smallest absolute Gasteiger partial charge is 0.340 e. The summed E-state index contributed by atoms with van der Waals surface area (Å²) in [6, 6.07) is 13.0. The Morgan fingerprint density at radius 1 is 1.22 bits per heavy atom. The molecule has 0 amide bonds. The van der Waals surface area contributed by atoms with E-state index in [1.165, 1.54) is 18.2 Å². The van der Waals surface area contributed by atoms with Crippen LogP contribution in [-0.2, 0) is 9.53 Å². The second-order valence-corrected chi connectivity index (χ2v) is 4.31. The average Bonchev–Trinajstić information content (AvgIpc) is 2.57. The van der Waals surface area contributed by atoms with Gasteiger partial charge in [-0.3, -0.25) is 0 Å². The third-order valence-electron chi connectivity index (χ3n) is 2.79. The molecule has 0 spiro atoms. The van der Waals surface area contributed by atoms with Crippen LogP contribution in [0.1, 0.15) is 5.56 Å². The molecule has 0 bridgehead atoms. The molecule has 0 heterocycles. The molecule has 6 nitrogen and oxygen atoms in total. The van der Waals surface area contributed by atoms with Crippen LogP contribution in [0.3, 0.4) is 0 Å². The number of rotatable bonds is 5. The third-order valence-corrected chi connectivity index (χ3v) is 2.79. The zero-order valence-electron chi connectivity index (χ0n) is 12.1. The van der Waals surface area contributed by atoms with E-state index in [1.807, 2.05) is 6.07 Å². The minimum Gasteiger partial charge on any atom is -0.466 e. The van der Waals surface area contributed by atoms with E-state index in [4.69, 9.17) is 10.3 Å². The molecule has 0 aliphatic carbocycles. The van der Waals surface area contributed by atoms with Crippen molar-refractivity contribution in [1.82, 2.24) is 0 Å². The molecule has 0 unspecified atom stereocenters. The van der Waals surface area contributed by atoms with E-state index in [0.717, 1.165) is 13.2 Å². The van der Waals surface area contributed by atoms with Crippen LogP contribution >= 0.6 is 0 Å². The fourth-order valence-electron chi connectivity index (χ4n) is 1.74.